The maximum Gasteiger partial charge on any atom is 0.335 e. The van der Waals surface area contributed by atoms with E-state index in [1.807, 2.05) is 30.3 Å². The van der Waals surface area contributed by atoms with Crippen molar-refractivity contribution in [2.24, 2.45) is 5.92 Å². The molecule has 32 heavy (non-hydrogen) atoms. The fourth-order valence-electron chi connectivity index (χ4n) is 4.45. The lowest BCUT2D eigenvalue weighted by molar-refractivity contribution is 0.0697. The molecule has 1 heterocycles. The lowest BCUT2D eigenvalue weighted by Crippen LogP contribution is -2.26. The number of nitrogens with zero attached hydrogens (tertiary/aromatic N) is 1. The van der Waals surface area contributed by atoms with Crippen LogP contribution in [0.2, 0.25) is 0 Å². The highest BCUT2D eigenvalue weighted by Crippen LogP contribution is 2.31. The van der Waals surface area contributed by atoms with Crippen LogP contribution in [0, 0.1) is 5.92 Å². The van der Waals surface area contributed by atoms with Crippen LogP contribution in [0.25, 0.3) is 10.4 Å². The van der Waals surface area contributed by atoms with Crippen molar-refractivity contribution in [3.63, 3.8) is 0 Å². The highest BCUT2D eigenvalue weighted by Gasteiger charge is 2.17. The van der Waals surface area contributed by atoms with Crippen LogP contribution in [0.15, 0.2) is 53.3 Å². The molecule has 7 heteroatoms. The minimum Gasteiger partial charge on any atom is -0.493 e. The molecule has 0 saturated heterocycles. The minimum atomic E-state index is -0.922. The topological polar surface area (TPSA) is 93.6 Å². The molecule has 3 N–H and O–H groups in total. The van der Waals surface area contributed by atoms with Crippen molar-refractivity contribution in [3.05, 3.63) is 69.3 Å². The highest BCUT2D eigenvalue weighted by atomic mass is 32.1. The van der Waals surface area contributed by atoms with E-state index in [-0.39, 0.29) is 10.8 Å². The lowest BCUT2D eigenvalue weighted by atomic mass is 9.87. The van der Waals surface area contributed by atoms with E-state index in [1.54, 1.807) is 18.2 Å². The standard InChI is InChI=1S/C25H28N2O4S/c28-23-22(32-25(31)26-23)19-11-9-18(10-12-19)16-27(14-13-17-5-2-1-3-6-17)21-8-4-7-20(15-21)24(29)30/h4,7-12,15,17,28H,1-3,5-6,13-14,16H2,(H,26,31)(H,29,30). The molecule has 0 aliphatic heterocycles. The van der Waals surface area contributed by atoms with Crippen LogP contribution in [-0.4, -0.2) is 27.7 Å². The van der Waals surface area contributed by atoms with E-state index in [9.17, 15) is 19.8 Å². The maximum atomic E-state index is 11.5. The van der Waals surface area contributed by atoms with Crippen molar-refractivity contribution in [1.82, 2.24) is 4.98 Å². The summed E-state index contributed by atoms with van der Waals surface area (Å²) >= 11 is 0.985. The zero-order chi connectivity index (χ0) is 22.5. The van der Waals surface area contributed by atoms with E-state index in [2.05, 4.69) is 9.88 Å². The average molecular weight is 453 g/mol. The predicted molar refractivity (Wildman–Crippen MR) is 128 cm³/mol. The van der Waals surface area contributed by atoms with Crippen molar-refractivity contribution >= 4 is 23.0 Å². The van der Waals surface area contributed by atoms with Gasteiger partial charge in [-0.25, -0.2) is 4.79 Å². The first-order valence-corrected chi connectivity index (χ1v) is 11.9. The first-order valence-electron chi connectivity index (χ1n) is 11.1. The van der Waals surface area contributed by atoms with Crippen LogP contribution in [0.1, 0.15) is 54.4 Å². The molecule has 1 fully saturated rings. The number of hydrogen-bond acceptors (Lipinski definition) is 5. The molecule has 0 unspecified atom stereocenters. The Balaban J connectivity index is 1.53. The second kappa shape index (κ2) is 10.0. The summed E-state index contributed by atoms with van der Waals surface area (Å²) in [6, 6.07) is 14.9. The van der Waals surface area contributed by atoms with Crippen molar-refractivity contribution in [3.8, 4) is 16.3 Å². The summed E-state index contributed by atoms with van der Waals surface area (Å²) in [6.07, 6.45) is 7.60. The Morgan fingerprint density at radius 2 is 1.84 bits per heavy atom. The van der Waals surface area contributed by atoms with Crippen molar-refractivity contribution in [2.75, 3.05) is 11.4 Å². The number of aromatic amines is 1. The summed E-state index contributed by atoms with van der Waals surface area (Å²) < 4.78 is 0. The molecule has 0 amide bonds. The molecule has 1 aliphatic rings. The summed E-state index contributed by atoms with van der Waals surface area (Å²) in [4.78, 5) is 27.9. The molecule has 0 spiro atoms. The number of hydrogen-bond donors (Lipinski definition) is 3. The number of aromatic carboxylic acids is 1. The minimum absolute atomic E-state index is 0.104. The third-order valence-electron chi connectivity index (χ3n) is 6.21. The SMILES string of the molecule is O=C(O)c1cccc(N(CCC2CCCCC2)Cc2ccc(-c3sc(=O)[nH]c3O)cc2)c1. The Hall–Kier alpha value is -3.06. The maximum absolute atomic E-state index is 11.5. The molecule has 1 aromatic heterocycles. The summed E-state index contributed by atoms with van der Waals surface area (Å²) in [7, 11) is 0. The van der Waals surface area contributed by atoms with E-state index in [0.717, 1.165) is 47.0 Å². The third-order valence-corrected chi connectivity index (χ3v) is 7.13. The molecule has 2 aromatic carbocycles. The van der Waals surface area contributed by atoms with E-state index in [4.69, 9.17) is 0 Å². The summed E-state index contributed by atoms with van der Waals surface area (Å²) in [5.41, 5.74) is 3.07. The first kappa shape index (κ1) is 22.1. The number of anilines is 1. The van der Waals surface area contributed by atoms with Gasteiger partial charge in [0.1, 0.15) is 0 Å². The number of rotatable bonds is 8. The summed E-state index contributed by atoms with van der Waals surface area (Å²) in [5, 5.41) is 19.3. The number of aromatic nitrogens is 1. The first-order chi connectivity index (χ1) is 15.5. The van der Waals surface area contributed by atoms with Gasteiger partial charge in [0.15, 0.2) is 0 Å². The number of benzene rings is 2. The molecule has 1 saturated carbocycles. The second-order valence-electron chi connectivity index (χ2n) is 8.46. The molecule has 0 bridgehead atoms. The van der Waals surface area contributed by atoms with E-state index >= 15 is 0 Å². The van der Waals surface area contributed by atoms with Crippen molar-refractivity contribution in [1.29, 1.82) is 0 Å². The number of aromatic hydroxyl groups is 1. The number of nitrogens with one attached hydrogen (secondary N) is 1. The monoisotopic (exact) mass is 452 g/mol. The van der Waals surface area contributed by atoms with Gasteiger partial charge in [-0.05, 0) is 41.7 Å². The van der Waals surface area contributed by atoms with E-state index in [0.29, 0.717) is 17.0 Å². The Bertz CT molecular complexity index is 1110. The largest absolute Gasteiger partial charge is 0.493 e. The van der Waals surface area contributed by atoms with Gasteiger partial charge in [0.2, 0.25) is 5.88 Å². The molecular weight excluding hydrogens is 424 g/mol. The van der Waals surface area contributed by atoms with Crippen LogP contribution in [0.3, 0.4) is 0 Å². The Morgan fingerprint density at radius 1 is 1.09 bits per heavy atom. The molecule has 6 nitrogen and oxygen atoms in total. The highest BCUT2D eigenvalue weighted by molar-refractivity contribution is 7.13. The Morgan fingerprint density at radius 3 is 2.50 bits per heavy atom. The fourth-order valence-corrected chi connectivity index (χ4v) is 5.18. The third kappa shape index (κ3) is 5.40. The van der Waals surface area contributed by atoms with Crippen LogP contribution >= 0.6 is 11.3 Å². The summed E-state index contributed by atoms with van der Waals surface area (Å²) in [5.74, 6) is -0.295. The molecular formula is C25H28N2O4S. The van der Waals surface area contributed by atoms with Gasteiger partial charge < -0.3 is 15.1 Å². The van der Waals surface area contributed by atoms with Gasteiger partial charge >= 0.3 is 10.8 Å². The molecule has 0 radical (unpaired) electrons. The lowest BCUT2D eigenvalue weighted by Gasteiger charge is -2.29. The van der Waals surface area contributed by atoms with Gasteiger partial charge in [0.25, 0.3) is 0 Å². The number of carboxylic acid groups (broad SMARTS) is 1. The predicted octanol–water partition coefficient (Wildman–Crippen LogP) is 5.48. The summed E-state index contributed by atoms with van der Waals surface area (Å²) in [6.45, 7) is 1.53. The van der Waals surface area contributed by atoms with Gasteiger partial charge in [0.05, 0.1) is 10.4 Å². The number of carbonyl (C=O) groups is 1. The molecule has 0 atom stereocenters. The van der Waals surface area contributed by atoms with Gasteiger partial charge in [-0.1, -0.05) is 73.8 Å². The average Bonchev–Trinajstić information content (AvgIpc) is 3.15. The fraction of sp³-hybridized carbons (Fsp3) is 0.360. The number of carboxylic acids is 1. The van der Waals surface area contributed by atoms with Gasteiger partial charge in [-0.15, -0.1) is 0 Å². The molecule has 1 aliphatic carbocycles. The number of H-pyrrole nitrogens is 1. The number of thiazole rings is 1. The molecule has 168 valence electrons. The second-order valence-corrected chi connectivity index (χ2v) is 9.44. The van der Waals surface area contributed by atoms with Crippen molar-refractivity contribution < 1.29 is 15.0 Å². The zero-order valence-corrected chi connectivity index (χ0v) is 18.7. The van der Waals surface area contributed by atoms with Crippen LogP contribution < -0.4 is 9.77 Å². The van der Waals surface area contributed by atoms with E-state index < -0.39 is 5.97 Å². The van der Waals surface area contributed by atoms with Gasteiger partial charge in [0, 0.05) is 18.8 Å². The Kier molecular flexibility index (Phi) is 6.95. The van der Waals surface area contributed by atoms with Gasteiger partial charge in [-0.2, -0.15) is 0 Å². The van der Waals surface area contributed by atoms with Crippen molar-refractivity contribution in [2.45, 2.75) is 45.1 Å². The quantitative estimate of drug-likeness (QED) is 0.420. The normalized spacial score (nSPS) is 14.4. The van der Waals surface area contributed by atoms with Crippen LogP contribution in [0.5, 0.6) is 5.88 Å². The zero-order valence-electron chi connectivity index (χ0n) is 17.9. The Labute approximate surface area is 191 Å². The smallest absolute Gasteiger partial charge is 0.335 e. The van der Waals surface area contributed by atoms with Crippen LogP contribution in [0.4, 0.5) is 5.69 Å². The van der Waals surface area contributed by atoms with E-state index in [1.165, 1.54) is 32.1 Å². The van der Waals surface area contributed by atoms with Crippen LogP contribution in [-0.2, 0) is 6.54 Å². The molecule has 3 aromatic rings. The van der Waals surface area contributed by atoms with Gasteiger partial charge in [-0.3, -0.25) is 9.78 Å². The molecule has 4 rings (SSSR count).